The van der Waals surface area contributed by atoms with Crippen LogP contribution in [0, 0.1) is 20.8 Å². The van der Waals surface area contributed by atoms with Gasteiger partial charge in [0.2, 0.25) is 0 Å². The van der Waals surface area contributed by atoms with Crippen molar-refractivity contribution in [1.29, 1.82) is 0 Å². The van der Waals surface area contributed by atoms with E-state index in [1.165, 1.54) is 87.5 Å². The molecule has 13 heteroatoms. The molecule has 0 fully saturated rings. The van der Waals surface area contributed by atoms with E-state index in [1.54, 1.807) is 38.1 Å². The molecular weight excluding hydrogens is 1390 g/mol. The maximum atomic E-state index is 12.2. The Morgan fingerprint density at radius 2 is 0.812 bits per heavy atom. The van der Waals surface area contributed by atoms with Crippen molar-refractivity contribution in [2.45, 2.75) is 259 Å². The Morgan fingerprint density at radius 3 is 1.21 bits per heavy atom. The Balaban J connectivity index is 0.000000196. The molecule has 542 valence electrons. The highest BCUT2D eigenvalue weighted by Gasteiger charge is 2.50. The van der Waals surface area contributed by atoms with Crippen LogP contribution < -0.4 is 0 Å². The number of rotatable bonds is 12. The van der Waals surface area contributed by atoms with Crippen molar-refractivity contribution in [3.8, 4) is 0 Å². The normalized spacial score (nSPS) is 20.0. The number of fused-ring (bicyclic) bond motifs is 4. The molecule has 0 N–H and O–H groups in total. The molecule has 0 aromatic heterocycles. The van der Waals surface area contributed by atoms with Crippen molar-refractivity contribution in [3.05, 3.63) is 208 Å². The number of hydrogen-bond acceptors (Lipinski definition) is 11. The second-order valence-corrected chi connectivity index (χ2v) is 34.3. The number of benzene rings is 6. The van der Waals surface area contributed by atoms with Gasteiger partial charge in [0.15, 0.2) is 0 Å². The lowest BCUT2D eigenvalue weighted by Crippen LogP contribution is -2.47. The SMILES string of the molecule is CC(=O)OC1CC(C)(C)c2cc(Br)c(C)cc2C1(C)C.CCOC(=O)c1ccc(/C=C/c2cc3c(cc2C)C(C)(C)C(OC(C)=O)CC3(C)C)cc1.CCOC(=O)c1ccc(/C=C/c2cc3c(cc2CBr)C(C)(C)C(OC(C)=O)CC3(C)C)cc1.Cc1ccc2c(c1)C(C)(C)C(=O)CC2(C)C. The molecule has 6 aromatic rings. The zero-order chi connectivity index (χ0) is 75.5. The lowest BCUT2D eigenvalue weighted by Gasteiger charge is -2.47. The number of ether oxygens (including phenoxy) is 5. The van der Waals surface area contributed by atoms with Crippen LogP contribution in [0.15, 0.2) is 108 Å². The molecule has 4 aliphatic carbocycles. The largest absolute Gasteiger partial charge is 0.462 e. The van der Waals surface area contributed by atoms with Gasteiger partial charge in [-0.1, -0.05) is 231 Å². The Bertz CT molecular complexity index is 4150. The van der Waals surface area contributed by atoms with Crippen LogP contribution in [0.1, 0.15) is 281 Å². The smallest absolute Gasteiger partial charge is 0.338 e. The Kier molecular flexibility index (Phi) is 25.2. The highest BCUT2D eigenvalue weighted by Crippen LogP contribution is 2.52. The fourth-order valence-electron chi connectivity index (χ4n) is 14.9. The first-order valence-corrected chi connectivity index (χ1v) is 37.4. The summed E-state index contributed by atoms with van der Waals surface area (Å²) in [7, 11) is 0. The third-order valence-corrected chi connectivity index (χ3v) is 22.9. The zero-order valence-corrected chi connectivity index (χ0v) is 67.7. The number of aryl methyl sites for hydroxylation is 3. The molecule has 4 aliphatic rings. The number of Topliss-reactive ketones (excluding diaryl/α,β-unsaturated/α-hetero) is 1. The number of ketones is 1. The van der Waals surface area contributed by atoms with Gasteiger partial charge in [-0.3, -0.25) is 19.2 Å². The Morgan fingerprint density at radius 1 is 0.436 bits per heavy atom. The molecule has 0 aliphatic heterocycles. The summed E-state index contributed by atoms with van der Waals surface area (Å²) >= 11 is 7.29. The first-order chi connectivity index (χ1) is 46.7. The minimum absolute atomic E-state index is 0.00118. The molecule has 0 bridgehead atoms. The number of hydrogen-bond donors (Lipinski definition) is 0. The van der Waals surface area contributed by atoms with E-state index < -0.39 is 0 Å². The van der Waals surface area contributed by atoms with Crippen LogP contribution in [0.3, 0.4) is 0 Å². The number of alkyl halides is 1. The molecule has 10 rings (SSSR count). The quantitative estimate of drug-likeness (QED) is 0.0499. The zero-order valence-electron chi connectivity index (χ0n) is 64.6. The van der Waals surface area contributed by atoms with Gasteiger partial charge in [-0.25, -0.2) is 9.59 Å². The third kappa shape index (κ3) is 18.4. The topological polar surface area (TPSA) is 149 Å². The Hall–Kier alpha value is -7.22. The molecule has 0 heterocycles. The van der Waals surface area contributed by atoms with E-state index in [0.29, 0.717) is 36.5 Å². The maximum Gasteiger partial charge on any atom is 0.338 e. The summed E-state index contributed by atoms with van der Waals surface area (Å²) in [6, 6.07) is 34.9. The van der Waals surface area contributed by atoms with Crippen LogP contribution in [0.2, 0.25) is 0 Å². The molecular formula is C88H110Br2O11. The van der Waals surface area contributed by atoms with Gasteiger partial charge in [-0.15, -0.1) is 0 Å². The van der Waals surface area contributed by atoms with Crippen LogP contribution in [0.5, 0.6) is 0 Å². The van der Waals surface area contributed by atoms with Gasteiger partial charge >= 0.3 is 29.8 Å². The molecule has 0 amide bonds. The van der Waals surface area contributed by atoms with Crippen LogP contribution >= 0.6 is 31.9 Å². The predicted octanol–water partition coefficient (Wildman–Crippen LogP) is 21.2. The van der Waals surface area contributed by atoms with Crippen LogP contribution in [0.25, 0.3) is 24.3 Å². The lowest BCUT2D eigenvalue weighted by atomic mass is 9.61. The molecule has 101 heavy (non-hydrogen) atoms. The van der Waals surface area contributed by atoms with Crippen LogP contribution in [0.4, 0.5) is 0 Å². The lowest BCUT2D eigenvalue weighted by molar-refractivity contribution is -0.152. The van der Waals surface area contributed by atoms with Crippen molar-refractivity contribution in [3.63, 3.8) is 0 Å². The summed E-state index contributed by atoms with van der Waals surface area (Å²) in [5, 5.41) is 0.719. The average molecular weight is 1500 g/mol. The minimum Gasteiger partial charge on any atom is -0.462 e. The maximum absolute atomic E-state index is 12.2. The van der Waals surface area contributed by atoms with Crippen LogP contribution in [-0.2, 0) is 91.5 Å². The monoisotopic (exact) mass is 1500 g/mol. The fraction of sp³-hybridized carbons (Fsp3) is 0.477. The number of carbonyl (C=O) groups excluding carboxylic acids is 6. The molecule has 0 saturated carbocycles. The Labute approximate surface area is 620 Å². The summed E-state index contributed by atoms with van der Waals surface area (Å²) in [6.45, 7) is 49.8. The van der Waals surface area contributed by atoms with Crippen LogP contribution in [-0.4, -0.2) is 67.2 Å². The number of carbonyl (C=O) groups is 6. The minimum atomic E-state index is -0.323. The van der Waals surface area contributed by atoms with E-state index in [4.69, 9.17) is 23.7 Å². The average Bonchev–Trinajstić information content (AvgIpc) is 0.755. The van der Waals surface area contributed by atoms with Gasteiger partial charge in [0, 0.05) is 58.7 Å². The molecule has 3 unspecified atom stereocenters. The third-order valence-electron chi connectivity index (χ3n) is 21.5. The molecule has 0 spiro atoms. The molecule has 11 nitrogen and oxygen atoms in total. The predicted molar refractivity (Wildman–Crippen MR) is 417 cm³/mol. The van der Waals surface area contributed by atoms with Gasteiger partial charge in [0.05, 0.1) is 24.3 Å². The highest BCUT2D eigenvalue weighted by atomic mass is 79.9. The standard InChI is InChI=1S/C28H33BrO4.C28H34O4.C17H23BrO2.C15H20O/c1-7-32-26(31)20-11-8-19(9-12-20)10-13-21-14-23-24(15-22(21)17-29)28(5,6)25(33-18(2)30)16-27(23,3)4;1-8-31-26(30)21-12-9-20(10-13-21)11-14-22-16-23-24(15-18(22)2)28(6,7)25(32-19(3)29)17-27(23,4)5;1-10-7-13-12(8-14(10)18)16(3,4)9-15(17(13,5)6)20-11(2)19;1-10-6-7-11-12(8-10)15(4,5)13(16)9-14(11,2)3/h8-15,25H,7,16-17H2,1-6H3;9-16,25H,8,17H2,1-7H3;7-8,15H,9H2,1-6H3;6-8H,9H2,1-5H3/b13-10+;14-11+;;. The van der Waals surface area contributed by atoms with E-state index in [0.717, 1.165) is 51.3 Å². The molecule has 0 radical (unpaired) electrons. The van der Waals surface area contributed by atoms with E-state index in [1.807, 2.05) is 38.1 Å². The second-order valence-electron chi connectivity index (χ2n) is 32.9. The van der Waals surface area contributed by atoms with Gasteiger partial charge in [-0.05, 0) is 203 Å². The van der Waals surface area contributed by atoms with Gasteiger partial charge < -0.3 is 23.7 Å². The molecule has 6 aromatic carbocycles. The first-order valence-electron chi connectivity index (χ1n) is 35.5. The van der Waals surface area contributed by atoms with Gasteiger partial charge in [-0.2, -0.15) is 0 Å². The molecule has 3 atom stereocenters. The first kappa shape index (κ1) is 81.1. The van der Waals surface area contributed by atoms with E-state index in [-0.39, 0.29) is 91.5 Å². The van der Waals surface area contributed by atoms with E-state index in [9.17, 15) is 28.8 Å². The van der Waals surface area contributed by atoms with E-state index in [2.05, 4.69) is 228 Å². The second kappa shape index (κ2) is 31.4. The summed E-state index contributed by atoms with van der Waals surface area (Å²) < 4.78 is 28.3. The van der Waals surface area contributed by atoms with Crippen molar-refractivity contribution in [2.75, 3.05) is 13.2 Å². The van der Waals surface area contributed by atoms with Crippen molar-refractivity contribution in [2.24, 2.45) is 0 Å². The molecule has 0 saturated heterocycles. The summed E-state index contributed by atoms with van der Waals surface area (Å²) in [5.74, 6) is -0.910. The van der Waals surface area contributed by atoms with Gasteiger partial charge in [0.1, 0.15) is 24.1 Å². The summed E-state index contributed by atoms with van der Waals surface area (Å²) in [5.41, 5.74) is 19.2. The summed E-state index contributed by atoms with van der Waals surface area (Å²) in [6.07, 6.45) is 11.0. The number of esters is 5. The summed E-state index contributed by atoms with van der Waals surface area (Å²) in [4.78, 5) is 70.8. The number of halogens is 2. The van der Waals surface area contributed by atoms with Gasteiger partial charge in [0.25, 0.3) is 0 Å². The highest BCUT2D eigenvalue weighted by molar-refractivity contribution is 9.10. The van der Waals surface area contributed by atoms with Crippen molar-refractivity contribution < 1.29 is 52.5 Å². The fourth-order valence-corrected chi connectivity index (χ4v) is 15.7. The van der Waals surface area contributed by atoms with E-state index >= 15 is 0 Å². The van der Waals surface area contributed by atoms with Crippen molar-refractivity contribution in [1.82, 2.24) is 0 Å². The van der Waals surface area contributed by atoms with Crippen molar-refractivity contribution >= 4 is 91.8 Å².